The predicted molar refractivity (Wildman–Crippen MR) is 76.6 cm³/mol. The number of guanidine groups is 1. The van der Waals surface area contributed by atoms with Crippen LogP contribution in [0, 0.1) is 0 Å². The number of aliphatic imine (C=N–C) groups is 1. The maximum atomic E-state index is 5.04. The van der Waals surface area contributed by atoms with Crippen LogP contribution in [0.25, 0.3) is 0 Å². The van der Waals surface area contributed by atoms with Crippen LogP contribution in [-0.4, -0.2) is 74.4 Å². The zero-order valence-electron chi connectivity index (χ0n) is 12.2. The van der Waals surface area contributed by atoms with E-state index in [9.17, 15) is 0 Å². The molecule has 0 spiro atoms. The highest BCUT2D eigenvalue weighted by molar-refractivity contribution is 5.79. The average Bonchev–Trinajstić information content (AvgIpc) is 2.98. The summed E-state index contributed by atoms with van der Waals surface area (Å²) < 4.78 is 9.90. The molecule has 1 aromatic heterocycles. The van der Waals surface area contributed by atoms with Crippen molar-refractivity contribution in [2.75, 3.05) is 53.5 Å². The van der Waals surface area contributed by atoms with Gasteiger partial charge in [-0.15, -0.1) is 0 Å². The minimum Gasteiger partial charge on any atom is -0.383 e. The third-order valence-corrected chi connectivity index (χ3v) is 3.35. The number of rotatable bonds is 5. The summed E-state index contributed by atoms with van der Waals surface area (Å²) in [7, 11) is 3.52. The van der Waals surface area contributed by atoms with Crippen LogP contribution in [-0.2, 0) is 11.3 Å². The van der Waals surface area contributed by atoms with E-state index >= 15 is 0 Å². The molecule has 0 saturated carbocycles. The first kappa shape index (κ1) is 14.8. The molecule has 0 amide bonds. The molecule has 1 N–H and O–H groups in total. The van der Waals surface area contributed by atoms with Crippen LogP contribution in [0.5, 0.6) is 0 Å². The number of methoxy groups -OCH3 is 1. The Morgan fingerprint density at radius 1 is 1.45 bits per heavy atom. The summed E-state index contributed by atoms with van der Waals surface area (Å²) in [4.78, 5) is 8.96. The van der Waals surface area contributed by atoms with Gasteiger partial charge in [-0.1, -0.05) is 5.16 Å². The highest BCUT2D eigenvalue weighted by Crippen LogP contribution is 2.07. The predicted octanol–water partition coefficient (Wildman–Crippen LogP) is 0.0140. The minimum atomic E-state index is 0.686. The van der Waals surface area contributed by atoms with Crippen LogP contribution >= 0.6 is 0 Å². The van der Waals surface area contributed by atoms with Crippen LogP contribution in [0.4, 0.5) is 0 Å². The van der Waals surface area contributed by atoms with Crippen molar-refractivity contribution in [1.82, 2.24) is 20.3 Å². The molecular formula is C13H23N5O2. The van der Waals surface area contributed by atoms with E-state index in [1.54, 1.807) is 13.4 Å². The molecular weight excluding hydrogens is 258 g/mol. The zero-order valence-corrected chi connectivity index (χ0v) is 12.2. The smallest absolute Gasteiger partial charge is 0.193 e. The summed E-state index contributed by atoms with van der Waals surface area (Å²) in [5.41, 5.74) is 0.987. The zero-order chi connectivity index (χ0) is 14.2. The van der Waals surface area contributed by atoms with E-state index in [1.807, 2.05) is 13.1 Å². The summed E-state index contributed by atoms with van der Waals surface area (Å²) >= 11 is 0. The fraction of sp³-hybridized carbons (Fsp3) is 0.692. The quantitative estimate of drug-likeness (QED) is 0.466. The van der Waals surface area contributed by atoms with Gasteiger partial charge in [0.15, 0.2) is 5.96 Å². The number of piperazine rings is 1. The van der Waals surface area contributed by atoms with Crippen molar-refractivity contribution in [2.24, 2.45) is 4.99 Å². The second-order valence-corrected chi connectivity index (χ2v) is 4.72. The van der Waals surface area contributed by atoms with Gasteiger partial charge in [0.05, 0.1) is 12.3 Å². The fourth-order valence-corrected chi connectivity index (χ4v) is 2.26. The van der Waals surface area contributed by atoms with Crippen LogP contribution < -0.4 is 5.32 Å². The fourth-order valence-electron chi connectivity index (χ4n) is 2.26. The largest absolute Gasteiger partial charge is 0.383 e. The number of nitrogens with one attached hydrogen (secondary N) is 1. The van der Waals surface area contributed by atoms with Crippen molar-refractivity contribution >= 4 is 5.96 Å². The van der Waals surface area contributed by atoms with Gasteiger partial charge in [-0.05, 0) is 0 Å². The molecule has 0 radical (unpaired) electrons. The first-order valence-corrected chi connectivity index (χ1v) is 6.89. The molecule has 20 heavy (non-hydrogen) atoms. The van der Waals surface area contributed by atoms with Crippen molar-refractivity contribution in [1.29, 1.82) is 0 Å². The van der Waals surface area contributed by atoms with Crippen molar-refractivity contribution in [2.45, 2.75) is 6.54 Å². The highest BCUT2D eigenvalue weighted by Gasteiger charge is 2.19. The van der Waals surface area contributed by atoms with E-state index in [2.05, 4.69) is 25.3 Å². The lowest BCUT2D eigenvalue weighted by Gasteiger charge is -2.36. The summed E-state index contributed by atoms with van der Waals surface area (Å²) in [6.07, 6.45) is 1.62. The van der Waals surface area contributed by atoms with E-state index < -0.39 is 0 Å². The highest BCUT2D eigenvalue weighted by atomic mass is 16.5. The van der Waals surface area contributed by atoms with E-state index in [-0.39, 0.29) is 0 Å². The molecule has 1 fully saturated rings. The second kappa shape index (κ2) is 7.86. The molecule has 112 valence electrons. The van der Waals surface area contributed by atoms with Gasteiger partial charge in [0.25, 0.3) is 0 Å². The molecule has 7 heteroatoms. The maximum Gasteiger partial charge on any atom is 0.193 e. The van der Waals surface area contributed by atoms with E-state index in [4.69, 9.17) is 9.26 Å². The number of aromatic nitrogens is 1. The molecule has 0 bridgehead atoms. The number of nitrogens with zero attached hydrogens (tertiary/aromatic N) is 4. The molecule has 1 saturated heterocycles. The third-order valence-electron chi connectivity index (χ3n) is 3.35. The van der Waals surface area contributed by atoms with Gasteiger partial charge in [0.1, 0.15) is 6.26 Å². The summed E-state index contributed by atoms with van der Waals surface area (Å²) in [6, 6.07) is 1.91. The summed E-state index contributed by atoms with van der Waals surface area (Å²) in [6.45, 7) is 6.23. The van der Waals surface area contributed by atoms with Crippen molar-refractivity contribution < 1.29 is 9.26 Å². The van der Waals surface area contributed by atoms with Gasteiger partial charge in [0.2, 0.25) is 0 Å². The van der Waals surface area contributed by atoms with Crippen LogP contribution in [0.3, 0.4) is 0 Å². The molecule has 0 unspecified atom stereocenters. The molecule has 7 nitrogen and oxygen atoms in total. The molecule has 0 atom stereocenters. The maximum absolute atomic E-state index is 5.04. The third kappa shape index (κ3) is 4.21. The molecule has 0 aliphatic carbocycles. The van der Waals surface area contributed by atoms with Gasteiger partial charge in [0, 0.05) is 59.5 Å². The lowest BCUT2D eigenvalue weighted by atomic mass is 10.3. The SMILES string of the molecule is CN=C(NCCOC)N1CCN(Cc2ccon2)CC1. The summed E-state index contributed by atoms with van der Waals surface area (Å²) in [5.74, 6) is 0.947. The number of ether oxygens (including phenoxy) is 1. The normalized spacial score (nSPS) is 17.5. The Bertz CT molecular complexity index is 399. The molecule has 1 aliphatic rings. The Hall–Kier alpha value is -1.60. The van der Waals surface area contributed by atoms with Crippen molar-refractivity contribution in [3.8, 4) is 0 Å². The van der Waals surface area contributed by atoms with Crippen molar-refractivity contribution in [3.05, 3.63) is 18.0 Å². The van der Waals surface area contributed by atoms with Gasteiger partial charge in [-0.3, -0.25) is 9.89 Å². The Labute approximate surface area is 119 Å². The Balaban J connectivity index is 1.75. The minimum absolute atomic E-state index is 0.686. The number of hydrogen-bond acceptors (Lipinski definition) is 5. The second-order valence-electron chi connectivity index (χ2n) is 4.72. The molecule has 1 aliphatic heterocycles. The lowest BCUT2D eigenvalue weighted by molar-refractivity contribution is 0.166. The van der Waals surface area contributed by atoms with Gasteiger partial charge in [-0.25, -0.2) is 0 Å². The Morgan fingerprint density at radius 3 is 2.85 bits per heavy atom. The topological polar surface area (TPSA) is 66.1 Å². The first-order chi connectivity index (χ1) is 9.83. The van der Waals surface area contributed by atoms with Crippen LogP contribution in [0.1, 0.15) is 5.69 Å². The van der Waals surface area contributed by atoms with Crippen LogP contribution in [0.2, 0.25) is 0 Å². The standard InChI is InChI=1S/C13H23N5O2/c1-14-13(15-4-10-19-2)18-7-5-17(6-8-18)11-12-3-9-20-16-12/h3,9H,4-8,10-11H2,1-2H3,(H,14,15). The molecule has 2 heterocycles. The first-order valence-electron chi connectivity index (χ1n) is 6.89. The lowest BCUT2D eigenvalue weighted by Crippen LogP contribution is -2.52. The summed E-state index contributed by atoms with van der Waals surface area (Å²) in [5, 5.41) is 7.26. The van der Waals surface area contributed by atoms with E-state index in [0.717, 1.165) is 50.9 Å². The van der Waals surface area contributed by atoms with Gasteiger partial charge in [-0.2, -0.15) is 0 Å². The Morgan fingerprint density at radius 2 is 2.25 bits per heavy atom. The Kier molecular flexibility index (Phi) is 5.82. The monoisotopic (exact) mass is 281 g/mol. The molecule has 1 aromatic rings. The van der Waals surface area contributed by atoms with Crippen molar-refractivity contribution in [3.63, 3.8) is 0 Å². The number of hydrogen-bond donors (Lipinski definition) is 1. The van der Waals surface area contributed by atoms with E-state index in [1.165, 1.54) is 0 Å². The van der Waals surface area contributed by atoms with E-state index in [0.29, 0.717) is 6.61 Å². The van der Waals surface area contributed by atoms with Crippen LogP contribution in [0.15, 0.2) is 21.8 Å². The average molecular weight is 281 g/mol. The van der Waals surface area contributed by atoms with Gasteiger partial charge >= 0.3 is 0 Å². The molecule has 0 aromatic carbocycles. The molecule has 2 rings (SSSR count). The van der Waals surface area contributed by atoms with Gasteiger partial charge < -0.3 is 19.5 Å².